The summed E-state index contributed by atoms with van der Waals surface area (Å²) in [5, 5.41) is 0. The topological polar surface area (TPSA) is 55.6 Å². The monoisotopic (exact) mass is 228 g/mol. The van der Waals surface area contributed by atoms with Crippen LogP contribution in [0.1, 0.15) is 47.0 Å². The quantitative estimate of drug-likeness (QED) is 0.787. The molecule has 4 nitrogen and oxygen atoms in total. The van der Waals surface area contributed by atoms with E-state index in [1.807, 2.05) is 20.8 Å². The van der Waals surface area contributed by atoms with E-state index in [-0.39, 0.29) is 18.2 Å². The summed E-state index contributed by atoms with van der Waals surface area (Å²) >= 11 is 0. The van der Waals surface area contributed by atoms with Gasteiger partial charge in [0, 0.05) is 18.6 Å². The molecule has 0 unspecified atom stereocenters. The lowest BCUT2D eigenvalue weighted by atomic mass is 10.1. The van der Waals surface area contributed by atoms with Gasteiger partial charge in [0.15, 0.2) is 0 Å². The number of hydrogen-bond acceptors (Lipinski definition) is 3. The van der Waals surface area contributed by atoms with Gasteiger partial charge in [-0.15, -0.1) is 0 Å². The third-order valence-corrected chi connectivity index (χ3v) is 2.70. The Morgan fingerprint density at radius 3 is 2.62 bits per heavy atom. The standard InChI is InChI=1S/C12H24N2O2/c1-5-6-10-7-9(13)8-14(10)11(15)16-12(2,3)4/h9-10H,5-8,13H2,1-4H3/t9-,10-/m0/s1. The fourth-order valence-electron chi connectivity index (χ4n) is 2.10. The third-order valence-electron chi connectivity index (χ3n) is 2.70. The fourth-order valence-corrected chi connectivity index (χ4v) is 2.10. The Morgan fingerprint density at radius 1 is 1.50 bits per heavy atom. The van der Waals surface area contributed by atoms with Crippen molar-refractivity contribution < 1.29 is 9.53 Å². The average molecular weight is 228 g/mol. The maximum Gasteiger partial charge on any atom is 0.410 e. The number of nitrogens with two attached hydrogens (primary N) is 1. The van der Waals surface area contributed by atoms with Crippen molar-refractivity contribution in [3.05, 3.63) is 0 Å². The van der Waals surface area contributed by atoms with Gasteiger partial charge in [0.1, 0.15) is 5.60 Å². The molecule has 94 valence electrons. The van der Waals surface area contributed by atoms with Gasteiger partial charge in [0.2, 0.25) is 0 Å². The highest BCUT2D eigenvalue weighted by molar-refractivity contribution is 5.69. The summed E-state index contributed by atoms with van der Waals surface area (Å²) in [6.45, 7) is 8.40. The molecule has 0 saturated carbocycles. The minimum absolute atomic E-state index is 0.101. The Hall–Kier alpha value is -0.770. The minimum Gasteiger partial charge on any atom is -0.444 e. The summed E-state index contributed by atoms with van der Waals surface area (Å²) in [7, 11) is 0. The molecule has 16 heavy (non-hydrogen) atoms. The Kier molecular flexibility index (Phi) is 4.19. The van der Waals surface area contributed by atoms with E-state index in [9.17, 15) is 4.79 Å². The van der Waals surface area contributed by atoms with Crippen LogP contribution in [0.25, 0.3) is 0 Å². The Labute approximate surface area is 98.1 Å². The molecule has 1 aliphatic heterocycles. The van der Waals surface area contributed by atoms with E-state index in [4.69, 9.17) is 10.5 Å². The zero-order valence-corrected chi connectivity index (χ0v) is 10.8. The molecule has 0 bridgehead atoms. The molecule has 0 spiro atoms. The number of hydrogen-bond donors (Lipinski definition) is 1. The molecule has 2 atom stereocenters. The Balaban J connectivity index is 2.59. The molecule has 0 aromatic carbocycles. The van der Waals surface area contributed by atoms with Gasteiger partial charge < -0.3 is 15.4 Å². The van der Waals surface area contributed by atoms with E-state index in [0.29, 0.717) is 6.54 Å². The van der Waals surface area contributed by atoms with Crippen LogP contribution in [-0.2, 0) is 4.74 Å². The van der Waals surface area contributed by atoms with Crippen LogP contribution < -0.4 is 5.73 Å². The molecule has 2 N–H and O–H groups in total. The predicted octanol–water partition coefficient (Wildman–Crippen LogP) is 2.12. The van der Waals surface area contributed by atoms with Gasteiger partial charge in [-0.05, 0) is 33.6 Å². The second-order valence-electron chi connectivity index (χ2n) is 5.57. The van der Waals surface area contributed by atoms with E-state index < -0.39 is 5.60 Å². The van der Waals surface area contributed by atoms with Crippen molar-refractivity contribution in [2.75, 3.05) is 6.54 Å². The summed E-state index contributed by atoms with van der Waals surface area (Å²) in [6.07, 6.45) is 2.75. The molecule has 0 aromatic rings. The van der Waals surface area contributed by atoms with Crippen molar-refractivity contribution in [3.63, 3.8) is 0 Å². The van der Waals surface area contributed by atoms with Crippen LogP contribution in [0.5, 0.6) is 0 Å². The molecule has 0 aromatic heterocycles. The molecule has 0 radical (unpaired) electrons. The summed E-state index contributed by atoms with van der Waals surface area (Å²) in [5.41, 5.74) is 5.47. The van der Waals surface area contributed by atoms with Gasteiger partial charge in [-0.2, -0.15) is 0 Å². The van der Waals surface area contributed by atoms with Crippen molar-refractivity contribution >= 4 is 6.09 Å². The highest BCUT2D eigenvalue weighted by Gasteiger charge is 2.35. The number of carbonyl (C=O) groups is 1. The number of rotatable bonds is 2. The lowest BCUT2D eigenvalue weighted by Gasteiger charge is -2.28. The van der Waals surface area contributed by atoms with Crippen LogP contribution in [-0.4, -0.2) is 35.2 Å². The number of ether oxygens (including phenoxy) is 1. The van der Waals surface area contributed by atoms with Crippen molar-refractivity contribution in [2.45, 2.75) is 64.6 Å². The van der Waals surface area contributed by atoms with Crippen molar-refractivity contribution in [1.29, 1.82) is 0 Å². The number of nitrogens with zero attached hydrogens (tertiary/aromatic N) is 1. The normalized spacial score (nSPS) is 25.9. The van der Waals surface area contributed by atoms with Gasteiger partial charge in [-0.3, -0.25) is 0 Å². The molecule has 1 saturated heterocycles. The molecule has 1 aliphatic rings. The molecule has 1 rings (SSSR count). The Bertz CT molecular complexity index is 248. The number of likely N-dealkylation sites (tertiary alicyclic amines) is 1. The average Bonchev–Trinajstić information content (AvgIpc) is 2.44. The number of carbonyl (C=O) groups excluding carboxylic acids is 1. The first kappa shape index (κ1) is 13.3. The highest BCUT2D eigenvalue weighted by Crippen LogP contribution is 2.23. The summed E-state index contributed by atoms with van der Waals surface area (Å²) in [6, 6.07) is 0.360. The number of amides is 1. The lowest BCUT2D eigenvalue weighted by Crippen LogP contribution is -2.40. The van der Waals surface area contributed by atoms with E-state index in [1.165, 1.54) is 0 Å². The summed E-state index contributed by atoms with van der Waals surface area (Å²) in [4.78, 5) is 13.7. The van der Waals surface area contributed by atoms with Crippen LogP contribution >= 0.6 is 0 Å². The first-order valence-electron chi connectivity index (χ1n) is 6.08. The lowest BCUT2D eigenvalue weighted by molar-refractivity contribution is 0.0218. The zero-order chi connectivity index (χ0) is 12.3. The first-order valence-corrected chi connectivity index (χ1v) is 6.08. The van der Waals surface area contributed by atoms with E-state index >= 15 is 0 Å². The van der Waals surface area contributed by atoms with Crippen LogP contribution in [0.15, 0.2) is 0 Å². The van der Waals surface area contributed by atoms with Crippen LogP contribution in [0.3, 0.4) is 0 Å². The van der Waals surface area contributed by atoms with Gasteiger partial charge in [-0.25, -0.2) is 4.79 Å². The zero-order valence-electron chi connectivity index (χ0n) is 10.8. The smallest absolute Gasteiger partial charge is 0.410 e. The molecule has 1 amide bonds. The maximum atomic E-state index is 11.9. The second-order valence-corrected chi connectivity index (χ2v) is 5.57. The van der Waals surface area contributed by atoms with E-state index in [0.717, 1.165) is 19.3 Å². The molecular weight excluding hydrogens is 204 g/mol. The van der Waals surface area contributed by atoms with Gasteiger partial charge in [-0.1, -0.05) is 13.3 Å². The Morgan fingerprint density at radius 2 is 2.12 bits per heavy atom. The second kappa shape index (κ2) is 5.04. The summed E-state index contributed by atoms with van der Waals surface area (Å²) < 4.78 is 5.38. The SMILES string of the molecule is CCC[C@H]1C[C@H](N)CN1C(=O)OC(C)(C)C. The largest absolute Gasteiger partial charge is 0.444 e. The molecule has 0 aliphatic carbocycles. The third kappa shape index (κ3) is 3.67. The van der Waals surface area contributed by atoms with Crippen LogP contribution in [0.4, 0.5) is 4.79 Å². The van der Waals surface area contributed by atoms with E-state index in [1.54, 1.807) is 4.90 Å². The van der Waals surface area contributed by atoms with E-state index in [2.05, 4.69) is 6.92 Å². The molecule has 1 heterocycles. The highest BCUT2D eigenvalue weighted by atomic mass is 16.6. The molecule has 1 fully saturated rings. The van der Waals surface area contributed by atoms with Gasteiger partial charge >= 0.3 is 6.09 Å². The minimum atomic E-state index is -0.430. The van der Waals surface area contributed by atoms with Crippen LogP contribution in [0.2, 0.25) is 0 Å². The fraction of sp³-hybridized carbons (Fsp3) is 0.917. The van der Waals surface area contributed by atoms with Crippen molar-refractivity contribution in [3.8, 4) is 0 Å². The van der Waals surface area contributed by atoms with Crippen molar-refractivity contribution in [1.82, 2.24) is 4.90 Å². The predicted molar refractivity (Wildman–Crippen MR) is 64.2 cm³/mol. The molecular formula is C12H24N2O2. The first-order chi connectivity index (χ1) is 7.33. The molecule has 4 heteroatoms. The van der Waals surface area contributed by atoms with Crippen molar-refractivity contribution in [2.24, 2.45) is 5.73 Å². The summed E-state index contributed by atoms with van der Waals surface area (Å²) in [5.74, 6) is 0. The van der Waals surface area contributed by atoms with Gasteiger partial charge in [0.25, 0.3) is 0 Å². The van der Waals surface area contributed by atoms with Gasteiger partial charge in [0.05, 0.1) is 0 Å². The maximum absolute atomic E-state index is 11.9. The van der Waals surface area contributed by atoms with Crippen LogP contribution in [0, 0.1) is 0 Å².